The van der Waals surface area contributed by atoms with Crippen LogP contribution in [0.1, 0.15) is 31.7 Å². The Morgan fingerprint density at radius 3 is 2.71 bits per heavy atom. The van der Waals surface area contributed by atoms with Crippen LogP contribution in [0, 0.1) is 0 Å². The van der Waals surface area contributed by atoms with Crippen LogP contribution in [0.2, 0.25) is 0 Å². The van der Waals surface area contributed by atoms with Gasteiger partial charge in [-0.3, -0.25) is 4.79 Å². The highest BCUT2D eigenvalue weighted by Gasteiger charge is 2.42. The molecule has 0 spiro atoms. The first-order valence-corrected chi connectivity index (χ1v) is 11.5. The number of nitrogens with one attached hydrogen (secondary N) is 1. The van der Waals surface area contributed by atoms with Crippen LogP contribution in [0.3, 0.4) is 0 Å². The van der Waals surface area contributed by atoms with Crippen LogP contribution in [0.4, 0.5) is 5.95 Å². The number of nitrogens with zero attached hydrogens (tertiary/aromatic N) is 6. The number of carbonyl (C=O) groups excluding carboxylic acids is 1. The number of fused-ring (bicyclic) bond motifs is 3. The molecule has 0 radical (unpaired) electrons. The van der Waals surface area contributed by atoms with Crippen molar-refractivity contribution in [2.75, 3.05) is 5.73 Å². The van der Waals surface area contributed by atoms with E-state index in [-0.39, 0.29) is 17.9 Å². The van der Waals surface area contributed by atoms with Crippen LogP contribution < -0.4 is 11.1 Å². The largest absolute Gasteiger partial charge is 0.461 e. The molecule has 1 aromatic carbocycles. The summed E-state index contributed by atoms with van der Waals surface area (Å²) in [6, 6.07) is 12.5. The lowest BCUT2D eigenvalue weighted by Gasteiger charge is -2.31. The molecule has 1 aliphatic rings. The molecule has 1 aliphatic carbocycles. The second-order valence-corrected chi connectivity index (χ2v) is 8.93. The first-order chi connectivity index (χ1) is 17.0. The number of rotatable bonds is 5. The van der Waals surface area contributed by atoms with Gasteiger partial charge in [-0.05, 0) is 43.9 Å². The molecular weight excluding hydrogens is 448 g/mol. The van der Waals surface area contributed by atoms with Crippen LogP contribution in [-0.4, -0.2) is 52.5 Å². The molecule has 0 aliphatic heterocycles. The van der Waals surface area contributed by atoms with E-state index in [1.165, 1.54) is 4.52 Å². The van der Waals surface area contributed by atoms with E-state index in [1.807, 2.05) is 30.3 Å². The maximum absolute atomic E-state index is 13.8. The Hall–Kier alpha value is -4.25. The first-order valence-electron chi connectivity index (χ1n) is 11.5. The van der Waals surface area contributed by atoms with E-state index < -0.39 is 11.6 Å². The molecule has 1 amide bonds. The Bertz CT molecular complexity index is 1520. The smallest absolute Gasteiger partial charge is 0.252 e. The van der Waals surface area contributed by atoms with Gasteiger partial charge in [0.1, 0.15) is 0 Å². The van der Waals surface area contributed by atoms with E-state index >= 15 is 0 Å². The summed E-state index contributed by atoms with van der Waals surface area (Å²) in [7, 11) is 0. The molecule has 1 saturated carbocycles. The number of aromatic nitrogens is 6. The van der Waals surface area contributed by atoms with Gasteiger partial charge in [0.25, 0.3) is 5.91 Å². The summed E-state index contributed by atoms with van der Waals surface area (Å²) in [6.45, 7) is 1.78. The fourth-order valence-electron chi connectivity index (χ4n) is 4.78. The highest BCUT2D eigenvalue weighted by atomic mass is 16.3. The molecule has 11 heteroatoms. The van der Waals surface area contributed by atoms with E-state index in [0.717, 1.165) is 12.8 Å². The number of benzene rings is 1. The van der Waals surface area contributed by atoms with E-state index in [2.05, 4.69) is 25.5 Å². The van der Waals surface area contributed by atoms with Crippen molar-refractivity contribution in [3.05, 3.63) is 60.5 Å². The minimum Gasteiger partial charge on any atom is -0.461 e. The number of carbonyl (C=O) groups is 1. The maximum atomic E-state index is 13.8. The first kappa shape index (κ1) is 21.3. The summed E-state index contributed by atoms with van der Waals surface area (Å²) >= 11 is 0. The monoisotopic (exact) mass is 472 g/mol. The third kappa shape index (κ3) is 3.27. The third-order valence-corrected chi connectivity index (χ3v) is 6.77. The number of hydrogen-bond donors (Lipinski definition) is 3. The van der Waals surface area contributed by atoms with Gasteiger partial charge in [-0.1, -0.05) is 30.3 Å². The molecule has 0 bridgehead atoms. The number of furan rings is 1. The number of nitrogens with two attached hydrogens (primary N) is 1. The molecule has 0 saturated heterocycles. The highest BCUT2D eigenvalue weighted by Crippen LogP contribution is 2.32. The van der Waals surface area contributed by atoms with Crippen LogP contribution in [0.5, 0.6) is 0 Å². The lowest BCUT2D eigenvalue weighted by molar-refractivity contribution is -0.129. The quantitative estimate of drug-likeness (QED) is 0.352. The Morgan fingerprint density at radius 2 is 2.00 bits per heavy atom. The summed E-state index contributed by atoms with van der Waals surface area (Å²) in [6.07, 6.45) is 4.83. The van der Waals surface area contributed by atoms with Crippen molar-refractivity contribution in [1.29, 1.82) is 0 Å². The van der Waals surface area contributed by atoms with E-state index in [0.29, 0.717) is 40.2 Å². The number of aliphatic hydroxyl groups excluding tert-OH is 1. The van der Waals surface area contributed by atoms with Gasteiger partial charge in [0, 0.05) is 0 Å². The minimum atomic E-state index is -1.27. The van der Waals surface area contributed by atoms with Gasteiger partial charge in [0.05, 0.1) is 30.0 Å². The predicted molar refractivity (Wildman–Crippen MR) is 127 cm³/mol. The molecule has 4 aromatic heterocycles. The van der Waals surface area contributed by atoms with Crippen molar-refractivity contribution < 1.29 is 14.3 Å². The fraction of sp³-hybridized carbons (Fsp3) is 0.292. The number of hydrogen-bond acceptors (Lipinski definition) is 8. The molecule has 1 unspecified atom stereocenters. The number of amides is 1. The lowest BCUT2D eigenvalue weighted by Crippen LogP contribution is -2.52. The number of anilines is 1. The van der Waals surface area contributed by atoms with Crippen molar-refractivity contribution >= 4 is 28.5 Å². The Morgan fingerprint density at radius 1 is 1.17 bits per heavy atom. The SMILES string of the molecule is CC(C(=O)N[C@H]1CCC[C@H]1O)(c1ccccc1)n1ncc2c1nc(N)n1nc(-c3ccco3)nc21. The molecule has 5 aromatic rings. The van der Waals surface area contributed by atoms with Gasteiger partial charge in [0.2, 0.25) is 11.8 Å². The van der Waals surface area contributed by atoms with Crippen molar-refractivity contribution in [3.63, 3.8) is 0 Å². The molecule has 4 N–H and O–H groups in total. The standard InChI is InChI=1S/C24H24N8O3/c1-24(14-7-3-2-4-8-14,22(34)27-16-9-5-10-17(16)33)32-21-15(13-26-32)20-28-19(18-11-6-12-35-18)30-31(20)23(25)29-21/h2-4,6-8,11-13,16-17,33H,5,9-10H2,1H3,(H2,25,29)(H,27,34)/t16-,17+,24?/m0/s1. The van der Waals surface area contributed by atoms with Gasteiger partial charge in [0.15, 0.2) is 22.6 Å². The normalized spacial score (nSPS) is 19.8. The fourth-order valence-corrected chi connectivity index (χ4v) is 4.78. The molecule has 6 rings (SSSR count). The zero-order valence-corrected chi connectivity index (χ0v) is 19.0. The number of aliphatic hydroxyl groups is 1. The van der Waals surface area contributed by atoms with Gasteiger partial charge in [-0.15, -0.1) is 5.10 Å². The Balaban J connectivity index is 1.53. The van der Waals surface area contributed by atoms with E-state index in [9.17, 15) is 9.90 Å². The average Bonchev–Trinajstić information content (AvgIpc) is 3.66. The molecule has 35 heavy (non-hydrogen) atoms. The van der Waals surface area contributed by atoms with Crippen LogP contribution in [-0.2, 0) is 10.3 Å². The van der Waals surface area contributed by atoms with Crippen molar-refractivity contribution in [2.45, 2.75) is 43.9 Å². The average molecular weight is 473 g/mol. The number of nitrogen functional groups attached to an aromatic ring is 1. The Kier molecular flexibility index (Phi) is 4.81. The zero-order chi connectivity index (χ0) is 24.2. The summed E-state index contributed by atoms with van der Waals surface area (Å²) in [4.78, 5) is 23.0. The molecule has 3 atom stereocenters. The summed E-state index contributed by atoms with van der Waals surface area (Å²) < 4.78 is 8.42. The van der Waals surface area contributed by atoms with Crippen molar-refractivity contribution in [3.8, 4) is 11.6 Å². The zero-order valence-electron chi connectivity index (χ0n) is 19.0. The van der Waals surface area contributed by atoms with Crippen LogP contribution >= 0.6 is 0 Å². The maximum Gasteiger partial charge on any atom is 0.252 e. The van der Waals surface area contributed by atoms with Gasteiger partial charge >= 0.3 is 0 Å². The molecule has 11 nitrogen and oxygen atoms in total. The highest BCUT2D eigenvalue weighted by molar-refractivity contribution is 5.94. The summed E-state index contributed by atoms with van der Waals surface area (Å²) in [5.74, 6) is 0.666. The van der Waals surface area contributed by atoms with E-state index in [1.54, 1.807) is 36.2 Å². The molecule has 178 valence electrons. The summed E-state index contributed by atoms with van der Waals surface area (Å²) in [5, 5.41) is 23.0. The molecule has 4 heterocycles. The van der Waals surface area contributed by atoms with Crippen LogP contribution in [0.25, 0.3) is 28.3 Å². The second kappa shape index (κ2) is 7.91. The topological polar surface area (TPSA) is 149 Å². The van der Waals surface area contributed by atoms with Gasteiger partial charge < -0.3 is 20.6 Å². The molecule has 1 fully saturated rings. The van der Waals surface area contributed by atoms with Gasteiger partial charge in [-0.2, -0.15) is 14.6 Å². The van der Waals surface area contributed by atoms with Crippen LogP contribution in [0.15, 0.2) is 59.3 Å². The minimum absolute atomic E-state index is 0.0987. The molecular formula is C24H24N8O3. The van der Waals surface area contributed by atoms with Crippen molar-refractivity contribution in [1.82, 2.24) is 34.7 Å². The van der Waals surface area contributed by atoms with Gasteiger partial charge in [-0.25, -0.2) is 9.67 Å². The van der Waals surface area contributed by atoms with Crippen molar-refractivity contribution in [2.24, 2.45) is 0 Å². The lowest BCUT2D eigenvalue weighted by atomic mass is 9.90. The second-order valence-electron chi connectivity index (χ2n) is 8.93. The summed E-state index contributed by atoms with van der Waals surface area (Å²) in [5.41, 5.74) is 6.56. The Labute approximate surface area is 199 Å². The third-order valence-electron chi connectivity index (χ3n) is 6.77. The predicted octanol–water partition coefficient (Wildman–Crippen LogP) is 2.11. The van der Waals surface area contributed by atoms with E-state index in [4.69, 9.17) is 10.2 Å².